The van der Waals surface area contributed by atoms with Crippen molar-refractivity contribution >= 4 is 5.91 Å². The first-order valence-electron chi connectivity index (χ1n) is 7.25. The van der Waals surface area contributed by atoms with E-state index in [-0.39, 0.29) is 5.92 Å². The molecule has 2 rings (SSSR count). The number of amides is 1. The van der Waals surface area contributed by atoms with Gasteiger partial charge in [-0.05, 0) is 18.8 Å². The predicted octanol–water partition coefficient (Wildman–Crippen LogP) is 1.21. The molecule has 2 fully saturated rings. The second kappa shape index (κ2) is 6.53. The van der Waals surface area contributed by atoms with Gasteiger partial charge >= 0.3 is 0 Å². The minimum Gasteiger partial charge on any atom is -0.381 e. The van der Waals surface area contributed by atoms with Gasteiger partial charge in [-0.2, -0.15) is 0 Å². The van der Waals surface area contributed by atoms with E-state index in [1.807, 2.05) is 0 Å². The molecule has 0 saturated carbocycles. The molecule has 0 unspecified atom stereocenters. The second-order valence-corrected chi connectivity index (χ2v) is 5.91. The Hall–Kier alpha value is -0.610. The molecule has 0 aromatic heterocycles. The van der Waals surface area contributed by atoms with Crippen LogP contribution in [0.3, 0.4) is 0 Å². The number of nitrogens with zero attached hydrogens (tertiary/aromatic N) is 2. The molecule has 18 heavy (non-hydrogen) atoms. The monoisotopic (exact) mass is 254 g/mol. The normalized spacial score (nSPS) is 23.6. The molecular weight excluding hydrogens is 228 g/mol. The molecule has 2 saturated heterocycles. The van der Waals surface area contributed by atoms with Crippen LogP contribution in [0, 0.1) is 11.8 Å². The van der Waals surface area contributed by atoms with Gasteiger partial charge in [0.2, 0.25) is 5.91 Å². The maximum absolute atomic E-state index is 12.3. The third kappa shape index (κ3) is 3.69. The molecule has 0 aromatic rings. The van der Waals surface area contributed by atoms with Crippen molar-refractivity contribution in [2.24, 2.45) is 11.8 Å². The van der Waals surface area contributed by atoms with Crippen LogP contribution >= 0.6 is 0 Å². The van der Waals surface area contributed by atoms with Gasteiger partial charge in [0.05, 0.1) is 0 Å². The summed E-state index contributed by atoms with van der Waals surface area (Å²) < 4.78 is 5.32. The maximum atomic E-state index is 12.3. The van der Waals surface area contributed by atoms with E-state index in [9.17, 15) is 4.79 Å². The summed E-state index contributed by atoms with van der Waals surface area (Å²) in [6.07, 6.45) is 1.82. The highest BCUT2D eigenvalue weighted by molar-refractivity contribution is 5.79. The molecule has 0 radical (unpaired) electrons. The molecule has 4 heteroatoms. The van der Waals surface area contributed by atoms with Gasteiger partial charge in [0.25, 0.3) is 0 Å². The topological polar surface area (TPSA) is 32.8 Å². The summed E-state index contributed by atoms with van der Waals surface area (Å²) in [7, 11) is 0. The Bertz CT molecular complexity index is 267. The van der Waals surface area contributed by atoms with Crippen molar-refractivity contribution in [1.29, 1.82) is 0 Å². The van der Waals surface area contributed by atoms with Crippen LogP contribution in [0.1, 0.15) is 26.7 Å². The van der Waals surface area contributed by atoms with Crippen LogP contribution in [0.5, 0.6) is 0 Å². The third-order valence-corrected chi connectivity index (χ3v) is 3.88. The fourth-order valence-electron chi connectivity index (χ4n) is 2.87. The Morgan fingerprint density at radius 3 is 2.33 bits per heavy atom. The summed E-state index contributed by atoms with van der Waals surface area (Å²) in [6.45, 7) is 11.0. The smallest absolute Gasteiger partial charge is 0.225 e. The number of carbonyl (C=O) groups is 1. The lowest BCUT2D eigenvalue weighted by atomic mass is 9.98. The summed E-state index contributed by atoms with van der Waals surface area (Å²) in [5.41, 5.74) is 0. The lowest BCUT2D eigenvalue weighted by Crippen LogP contribution is -2.51. The Morgan fingerprint density at radius 2 is 1.78 bits per heavy atom. The van der Waals surface area contributed by atoms with Crippen molar-refractivity contribution in [1.82, 2.24) is 9.80 Å². The van der Waals surface area contributed by atoms with E-state index in [4.69, 9.17) is 4.74 Å². The van der Waals surface area contributed by atoms with E-state index < -0.39 is 0 Å². The number of hydrogen-bond donors (Lipinski definition) is 0. The number of carbonyl (C=O) groups excluding carboxylic acids is 1. The van der Waals surface area contributed by atoms with Crippen LogP contribution in [0.15, 0.2) is 0 Å². The van der Waals surface area contributed by atoms with Gasteiger partial charge in [-0.15, -0.1) is 0 Å². The summed E-state index contributed by atoms with van der Waals surface area (Å²) in [4.78, 5) is 16.9. The quantitative estimate of drug-likeness (QED) is 0.759. The highest BCUT2D eigenvalue weighted by Crippen LogP contribution is 2.18. The van der Waals surface area contributed by atoms with E-state index in [0.29, 0.717) is 11.8 Å². The number of piperazine rings is 1. The molecular formula is C14H26N2O2. The standard InChI is InChI=1S/C14H26N2O2/c1-12(2)11-15-5-7-16(8-6-15)14(17)13-3-9-18-10-4-13/h12-13H,3-11H2,1-2H3. The van der Waals surface area contributed by atoms with Crippen molar-refractivity contribution in [2.45, 2.75) is 26.7 Å². The van der Waals surface area contributed by atoms with Gasteiger partial charge in [-0.25, -0.2) is 0 Å². The first kappa shape index (κ1) is 13.8. The number of ether oxygens (including phenoxy) is 1. The SMILES string of the molecule is CC(C)CN1CCN(C(=O)C2CCOCC2)CC1. The van der Waals surface area contributed by atoms with Crippen LogP contribution in [-0.4, -0.2) is 61.6 Å². The Labute approximate surface area is 110 Å². The molecule has 2 heterocycles. The summed E-state index contributed by atoms with van der Waals surface area (Å²) in [5.74, 6) is 1.29. The van der Waals surface area contributed by atoms with E-state index in [2.05, 4.69) is 23.6 Å². The summed E-state index contributed by atoms with van der Waals surface area (Å²) in [6, 6.07) is 0. The molecule has 0 aromatic carbocycles. The van der Waals surface area contributed by atoms with Gasteiger partial charge in [0, 0.05) is 51.9 Å². The first-order chi connectivity index (χ1) is 8.66. The molecule has 0 aliphatic carbocycles. The Morgan fingerprint density at radius 1 is 1.17 bits per heavy atom. The van der Waals surface area contributed by atoms with E-state index in [0.717, 1.165) is 58.8 Å². The largest absolute Gasteiger partial charge is 0.381 e. The lowest BCUT2D eigenvalue weighted by molar-refractivity contribution is -0.140. The van der Waals surface area contributed by atoms with Gasteiger partial charge < -0.3 is 9.64 Å². The molecule has 1 amide bonds. The average Bonchev–Trinajstić information content (AvgIpc) is 2.39. The van der Waals surface area contributed by atoms with Crippen molar-refractivity contribution in [3.05, 3.63) is 0 Å². The van der Waals surface area contributed by atoms with Crippen LogP contribution in [-0.2, 0) is 9.53 Å². The zero-order chi connectivity index (χ0) is 13.0. The van der Waals surface area contributed by atoms with Gasteiger partial charge in [0.15, 0.2) is 0 Å². The maximum Gasteiger partial charge on any atom is 0.225 e. The third-order valence-electron chi connectivity index (χ3n) is 3.88. The van der Waals surface area contributed by atoms with Crippen LogP contribution in [0.4, 0.5) is 0 Å². The van der Waals surface area contributed by atoms with Crippen molar-refractivity contribution in [2.75, 3.05) is 45.9 Å². The molecule has 0 bridgehead atoms. The Balaban J connectivity index is 1.76. The minimum absolute atomic E-state index is 0.218. The minimum atomic E-state index is 0.218. The van der Waals surface area contributed by atoms with Crippen LogP contribution < -0.4 is 0 Å². The first-order valence-corrected chi connectivity index (χ1v) is 7.25. The predicted molar refractivity (Wildman–Crippen MR) is 71.4 cm³/mol. The molecule has 0 spiro atoms. The zero-order valence-electron chi connectivity index (χ0n) is 11.7. The molecule has 0 atom stereocenters. The second-order valence-electron chi connectivity index (χ2n) is 5.91. The van der Waals surface area contributed by atoms with Crippen molar-refractivity contribution in [3.63, 3.8) is 0 Å². The van der Waals surface area contributed by atoms with Crippen LogP contribution in [0.2, 0.25) is 0 Å². The summed E-state index contributed by atoms with van der Waals surface area (Å²) in [5, 5.41) is 0. The Kier molecular flexibility index (Phi) is 5.01. The van der Waals surface area contributed by atoms with E-state index in [1.165, 1.54) is 0 Å². The van der Waals surface area contributed by atoms with Crippen molar-refractivity contribution in [3.8, 4) is 0 Å². The van der Waals surface area contributed by atoms with E-state index >= 15 is 0 Å². The highest BCUT2D eigenvalue weighted by Gasteiger charge is 2.28. The fourth-order valence-corrected chi connectivity index (χ4v) is 2.87. The average molecular weight is 254 g/mol. The lowest BCUT2D eigenvalue weighted by Gasteiger charge is -2.37. The molecule has 2 aliphatic rings. The number of rotatable bonds is 3. The molecule has 2 aliphatic heterocycles. The van der Waals surface area contributed by atoms with E-state index in [1.54, 1.807) is 0 Å². The van der Waals surface area contributed by atoms with Crippen LogP contribution in [0.25, 0.3) is 0 Å². The number of hydrogen-bond acceptors (Lipinski definition) is 3. The fraction of sp³-hybridized carbons (Fsp3) is 0.929. The molecule has 0 N–H and O–H groups in total. The molecule has 104 valence electrons. The summed E-state index contributed by atoms with van der Waals surface area (Å²) >= 11 is 0. The zero-order valence-corrected chi connectivity index (χ0v) is 11.7. The van der Waals surface area contributed by atoms with Gasteiger partial charge in [0.1, 0.15) is 0 Å². The van der Waals surface area contributed by atoms with Gasteiger partial charge in [-0.3, -0.25) is 9.69 Å². The van der Waals surface area contributed by atoms with Gasteiger partial charge in [-0.1, -0.05) is 13.8 Å². The molecule has 4 nitrogen and oxygen atoms in total. The van der Waals surface area contributed by atoms with Crippen molar-refractivity contribution < 1.29 is 9.53 Å². The highest BCUT2D eigenvalue weighted by atomic mass is 16.5.